The zero-order chi connectivity index (χ0) is 6.57. The SMILES string of the molecule is O.O.O.O=C([O-])CCC(=O)[O-].[Na+].[Na+]. The number of carboxylic acids is 2. The van der Waals surface area contributed by atoms with Crippen LogP contribution in [0.2, 0.25) is 0 Å². The number of rotatable bonds is 3. The van der Waals surface area contributed by atoms with E-state index in [1.165, 1.54) is 0 Å². The van der Waals surface area contributed by atoms with Gasteiger partial charge in [-0.2, -0.15) is 0 Å². The average Bonchev–Trinajstić information content (AvgIpc) is 1.61. The molecule has 0 aliphatic heterocycles. The molecule has 0 unspecified atom stereocenters. The van der Waals surface area contributed by atoms with E-state index in [4.69, 9.17) is 0 Å². The molecule has 0 aromatic heterocycles. The molecule has 0 rings (SSSR count). The molecule has 0 spiro atoms. The molecule has 0 fully saturated rings. The second kappa shape index (κ2) is 23.0. The molecule has 0 heterocycles. The molecule has 0 radical (unpaired) electrons. The summed E-state index contributed by atoms with van der Waals surface area (Å²) in [5, 5.41) is 19.0. The predicted molar refractivity (Wildman–Crippen MR) is 30.1 cm³/mol. The molecule has 70 valence electrons. The summed E-state index contributed by atoms with van der Waals surface area (Å²) in [4.78, 5) is 19.0. The molecule has 0 saturated carbocycles. The quantitative estimate of drug-likeness (QED) is 0.425. The number of carbonyl (C=O) groups excluding carboxylic acids is 2. The van der Waals surface area contributed by atoms with E-state index in [0.717, 1.165) is 0 Å². The van der Waals surface area contributed by atoms with Gasteiger partial charge in [-0.15, -0.1) is 0 Å². The van der Waals surface area contributed by atoms with Crippen molar-refractivity contribution < 1.29 is 95.3 Å². The molecular formula is C4H10Na2O7. The third kappa shape index (κ3) is 44.3. The van der Waals surface area contributed by atoms with Crippen molar-refractivity contribution in [3.05, 3.63) is 0 Å². The Bertz CT molecular complexity index is 103. The van der Waals surface area contributed by atoms with Crippen molar-refractivity contribution in [3.63, 3.8) is 0 Å². The van der Waals surface area contributed by atoms with Gasteiger partial charge >= 0.3 is 59.1 Å². The first-order chi connectivity index (χ1) is 3.63. The fourth-order valence-corrected chi connectivity index (χ4v) is 0.204. The van der Waals surface area contributed by atoms with Gasteiger partial charge < -0.3 is 36.2 Å². The van der Waals surface area contributed by atoms with Crippen LogP contribution in [0.3, 0.4) is 0 Å². The molecule has 7 nitrogen and oxygen atoms in total. The number of aliphatic carboxylic acids is 2. The van der Waals surface area contributed by atoms with Crippen molar-refractivity contribution in [3.8, 4) is 0 Å². The predicted octanol–water partition coefficient (Wildman–Crippen LogP) is -11.2. The molecule has 0 bridgehead atoms. The summed E-state index contributed by atoms with van der Waals surface area (Å²) in [5.74, 6) is -2.73. The molecular weight excluding hydrogens is 206 g/mol. The molecule has 6 N–H and O–H groups in total. The monoisotopic (exact) mass is 216 g/mol. The smallest absolute Gasteiger partial charge is 0.550 e. The number of carboxylic acid groups (broad SMARTS) is 2. The van der Waals surface area contributed by atoms with E-state index in [-0.39, 0.29) is 75.5 Å². The van der Waals surface area contributed by atoms with E-state index in [1.54, 1.807) is 0 Å². The van der Waals surface area contributed by atoms with E-state index in [0.29, 0.717) is 0 Å². The van der Waals surface area contributed by atoms with Crippen molar-refractivity contribution in [1.29, 1.82) is 0 Å². The zero-order valence-corrected chi connectivity index (χ0v) is 11.5. The van der Waals surface area contributed by atoms with Gasteiger partial charge in [-0.1, -0.05) is 0 Å². The standard InChI is InChI=1S/C4H6O4.2Na.3H2O/c5-3(6)1-2-4(7)8;;;;;/h1-2H2,(H,5,6)(H,7,8);;;3*1H2/q;2*+1;;;/p-2. The second-order valence-electron chi connectivity index (χ2n) is 1.24. The van der Waals surface area contributed by atoms with Crippen LogP contribution in [0.15, 0.2) is 0 Å². The largest absolute Gasteiger partial charge is 1.00 e. The van der Waals surface area contributed by atoms with Gasteiger partial charge in [0.15, 0.2) is 0 Å². The Morgan fingerprint density at radius 2 is 0.923 bits per heavy atom. The van der Waals surface area contributed by atoms with Crippen LogP contribution < -0.4 is 69.3 Å². The summed E-state index contributed by atoms with van der Waals surface area (Å²) < 4.78 is 0. The van der Waals surface area contributed by atoms with Gasteiger partial charge in [0.05, 0.1) is 0 Å². The number of hydrogen-bond acceptors (Lipinski definition) is 4. The summed E-state index contributed by atoms with van der Waals surface area (Å²) in [7, 11) is 0. The Balaban J connectivity index is -0.0000000245. The Hall–Kier alpha value is 0.820. The Labute approximate surface area is 119 Å². The maximum atomic E-state index is 9.50. The zero-order valence-electron chi connectivity index (χ0n) is 7.55. The van der Waals surface area contributed by atoms with Gasteiger partial charge in [-0.25, -0.2) is 0 Å². The van der Waals surface area contributed by atoms with Crippen LogP contribution in [-0.4, -0.2) is 28.4 Å². The first-order valence-corrected chi connectivity index (χ1v) is 2.02. The van der Waals surface area contributed by atoms with Gasteiger partial charge in [0.2, 0.25) is 0 Å². The van der Waals surface area contributed by atoms with Crippen molar-refractivity contribution >= 4 is 11.9 Å². The molecule has 0 aromatic rings. The summed E-state index contributed by atoms with van der Waals surface area (Å²) in [5.41, 5.74) is 0. The van der Waals surface area contributed by atoms with Crippen molar-refractivity contribution in [1.82, 2.24) is 0 Å². The van der Waals surface area contributed by atoms with Gasteiger partial charge in [0, 0.05) is 11.9 Å². The van der Waals surface area contributed by atoms with Crippen molar-refractivity contribution in [2.45, 2.75) is 12.8 Å². The summed E-state index contributed by atoms with van der Waals surface area (Å²) in [6.07, 6.45) is -0.940. The van der Waals surface area contributed by atoms with E-state index < -0.39 is 24.8 Å². The Kier molecular flexibility index (Phi) is 65.8. The van der Waals surface area contributed by atoms with Crippen LogP contribution in [0, 0.1) is 0 Å². The van der Waals surface area contributed by atoms with Gasteiger partial charge in [0.25, 0.3) is 0 Å². The summed E-state index contributed by atoms with van der Waals surface area (Å²) in [6.45, 7) is 0. The summed E-state index contributed by atoms with van der Waals surface area (Å²) in [6, 6.07) is 0. The van der Waals surface area contributed by atoms with Crippen molar-refractivity contribution in [2.75, 3.05) is 0 Å². The van der Waals surface area contributed by atoms with Crippen LogP contribution in [0.4, 0.5) is 0 Å². The minimum atomic E-state index is -1.37. The van der Waals surface area contributed by atoms with Gasteiger partial charge in [0.1, 0.15) is 0 Å². The van der Waals surface area contributed by atoms with Crippen molar-refractivity contribution in [2.24, 2.45) is 0 Å². The second-order valence-corrected chi connectivity index (χ2v) is 1.24. The average molecular weight is 216 g/mol. The van der Waals surface area contributed by atoms with Gasteiger partial charge in [-0.3, -0.25) is 0 Å². The first-order valence-electron chi connectivity index (χ1n) is 2.02. The van der Waals surface area contributed by atoms with Crippen LogP contribution in [0.25, 0.3) is 0 Å². The minimum Gasteiger partial charge on any atom is -0.550 e. The molecule has 9 heteroatoms. The fraction of sp³-hybridized carbons (Fsp3) is 0.500. The van der Waals surface area contributed by atoms with E-state index in [9.17, 15) is 19.8 Å². The molecule has 13 heavy (non-hydrogen) atoms. The molecule has 0 aliphatic rings. The Morgan fingerprint density at radius 1 is 0.769 bits per heavy atom. The third-order valence-corrected chi connectivity index (χ3v) is 0.533. The van der Waals surface area contributed by atoms with Gasteiger partial charge in [-0.05, 0) is 12.8 Å². The third-order valence-electron chi connectivity index (χ3n) is 0.533. The molecule has 0 saturated heterocycles. The maximum absolute atomic E-state index is 9.50. The maximum Gasteiger partial charge on any atom is 1.00 e. The van der Waals surface area contributed by atoms with E-state index in [2.05, 4.69) is 0 Å². The molecule has 0 aromatic carbocycles. The first kappa shape index (κ1) is 37.1. The van der Waals surface area contributed by atoms with Crippen LogP contribution in [0.1, 0.15) is 12.8 Å². The van der Waals surface area contributed by atoms with Crippen LogP contribution in [0.5, 0.6) is 0 Å². The molecule has 0 amide bonds. The molecule has 0 atom stereocenters. The Morgan fingerprint density at radius 3 is 1.00 bits per heavy atom. The minimum absolute atomic E-state index is 0. The number of hydrogen-bond donors (Lipinski definition) is 0. The number of carbonyl (C=O) groups is 2. The van der Waals surface area contributed by atoms with E-state index >= 15 is 0 Å². The van der Waals surface area contributed by atoms with E-state index in [1.807, 2.05) is 0 Å². The topological polar surface area (TPSA) is 175 Å². The normalized spacial score (nSPS) is 5.23. The fourth-order valence-electron chi connectivity index (χ4n) is 0.204. The molecule has 0 aliphatic carbocycles. The van der Waals surface area contributed by atoms with Crippen LogP contribution >= 0.6 is 0 Å². The summed E-state index contributed by atoms with van der Waals surface area (Å²) >= 11 is 0. The van der Waals surface area contributed by atoms with Crippen LogP contribution in [-0.2, 0) is 9.59 Å².